The van der Waals surface area contributed by atoms with Crippen LogP contribution in [0, 0.1) is 5.92 Å². The molecule has 1 aromatic rings. The second-order valence-electron chi connectivity index (χ2n) is 4.67. The summed E-state index contributed by atoms with van der Waals surface area (Å²) in [7, 11) is -2.28. The van der Waals surface area contributed by atoms with Crippen molar-refractivity contribution in [1.82, 2.24) is 4.72 Å². The van der Waals surface area contributed by atoms with Crippen molar-refractivity contribution >= 4 is 16.0 Å². The lowest BCUT2D eigenvalue weighted by Crippen LogP contribution is -2.36. The number of hydrogen-bond acceptors (Lipinski definition) is 4. The van der Waals surface area contributed by atoms with Crippen LogP contribution in [0.3, 0.4) is 0 Å². The molecule has 1 aromatic carbocycles. The maximum absolute atomic E-state index is 12.1. The molecule has 0 bridgehead atoms. The molecule has 0 fully saturated rings. The number of carbonyl (C=O) groups excluding carboxylic acids is 1. The molecule has 1 unspecified atom stereocenters. The number of nitrogens with one attached hydrogen (secondary N) is 1. The summed E-state index contributed by atoms with van der Waals surface area (Å²) in [5.74, 6) is -0.295. The third-order valence-electron chi connectivity index (χ3n) is 2.93. The van der Waals surface area contributed by atoms with E-state index in [0.29, 0.717) is 5.56 Å². The van der Waals surface area contributed by atoms with E-state index >= 15 is 0 Å². The Kier molecular flexibility index (Phi) is 5.08. The average Bonchev–Trinajstić information content (AvgIpc) is 2.37. The zero-order valence-electron chi connectivity index (χ0n) is 11.5. The van der Waals surface area contributed by atoms with Crippen LogP contribution >= 0.6 is 0 Å². The number of carbonyl (C=O) groups is 1. The molecular weight excluding hydrogens is 266 g/mol. The van der Waals surface area contributed by atoms with Crippen molar-refractivity contribution < 1.29 is 17.9 Å². The van der Waals surface area contributed by atoms with E-state index in [9.17, 15) is 13.2 Å². The number of methoxy groups -OCH3 is 1. The summed E-state index contributed by atoms with van der Waals surface area (Å²) in [6, 6.07) is 5.48. The summed E-state index contributed by atoms with van der Waals surface area (Å²) in [5, 5.41) is 0. The molecule has 0 aliphatic carbocycles. The Morgan fingerprint density at radius 3 is 2.11 bits per heavy atom. The molecule has 0 amide bonds. The molecule has 19 heavy (non-hydrogen) atoms. The van der Waals surface area contributed by atoms with E-state index in [1.165, 1.54) is 31.4 Å². The van der Waals surface area contributed by atoms with Gasteiger partial charge in [-0.05, 0) is 37.1 Å². The summed E-state index contributed by atoms with van der Waals surface area (Å²) < 4.78 is 31.3. The first kappa shape index (κ1) is 15.7. The number of ether oxygens (including phenoxy) is 1. The fourth-order valence-corrected chi connectivity index (χ4v) is 2.73. The van der Waals surface area contributed by atoms with Crippen LogP contribution in [-0.4, -0.2) is 27.5 Å². The van der Waals surface area contributed by atoms with Gasteiger partial charge in [0, 0.05) is 6.04 Å². The van der Waals surface area contributed by atoms with Crippen LogP contribution in [0.2, 0.25) is 0 Å². The molecule has 0 heterocycles. The summed E-state index contributed by atoms with van der Waals surface area (Å²) in [6.07, 6.45) is 0. The van der Waals surface area contributed by atoms with Gasteiger partial charge in [0.05, 0.1) is 17.6 Å². The second kappa shape index (κ2) is 6.16. The van der Waals surface area contributed by atoms with Gasteiger partial charge >= 0.3 is 5.97 Å². The molecule has 0 saturated carbocycles. The molecule has 1 atom stereocenters. The van der Waals surface area contributed by atoms with E-state index < -0.39 is 16.0 Å². The van der Waals surface area contributed by atoms with Gasteiger partial charge in [0.2, 0.25) is 10.0 Å². The highest BCUT2D eigenvalue weighted by molar-refractivity contribution is 7.89. The van der Waals surface area contributed by atoms with Crippen LogP contribution in [0.1, 0.15) is 31.1 Å². The molecule has 0 aliphatic rings. The Hall–Kier alpha value is -1.40. The highest BCUT2D eigenvalue weighted by Crippen LogP contribution is 2.13. The number of hydrogen-bond donors (Lipinski definition) is 1. The Labute approximate surface area is 114 Å². The van der Waals surface area contributed by atoms with Crippen LogP contribution in [0.25, 0.3) is 0 Å². The summed E-state index contributed by atoms with van der Waals surface area (Å²) in [4.78, 5) is 11.4. The van der Waals surface area contributed by atoms with Crippen LogP contribution < -0.4 is 4.72 Å². The molecule has 0 radical (unpaired) electrons. The molecule has 5 nitrogen and oxygen atoms in total. The first-order chi connectivity index (χ1) is 8.77. The first-order valence-corrected chi connectivity index (χ1v) is 7.47. The Bertz CT molecular complexity index is 534. The predicted octanol–water partition coefficient (Wildman–Crippen LogP) is 1.80. The average molecular weight is 285 g/mol. The van der Waals surface area contributed by atoms with Crippen LogP contribution in [0.5, 0.6) is 0 Å². The highest BCUT2D eigenvalue weighted by atomic mass is 32.2. The minimum atomic E-state index is -3.56. The minimum Gasteiger partial charge on any atom is -0.465 e. The van der Waals surface area contributed by atoms with E-state index in [0.717, 1.165) is 0 Å². The van der Waals surface area contributed by atoms with Gasteiger partial charge in [-0.2, -0.15) is 0 Å². The zero-order chi connectivity index (χ0) is 14.6. The fraction of sp³-hybridized carbons (Fsp3) is 0.462. The Morgan fingerprint density at radius 2 is 1.68 bits per heavy atom. The first-order valence-electron chi connectivity index (χ1n) is 5.98. The van der Waals surface area contributed by atoms with E-state index in [1.54, 1.807) is 0 Å². The van der Waals surface area contributed by atoms with Crippen molar-refractivity contribution in [2.24, 2.45) is 5.92 Å². The molecule has 0 saturated heterocycles. The smallest absolute Gasteiger partial charge is 0.337 e. The van der Waals surface area contributed by atoms with Gasteiger partial charge in [0.1, 0.15) is 0 Å². The lowest BCUT2D eigenvalue weighted by Gasteiger charge is -2.17. The van der Waals surface area contributed by atoms with Crippen LogP contribution in [0.4, 0.5) is 0 Å². The fourth-order valence-electron chi connectivity index (χ4n) is 1.34. The maximum Gasteiger partial charge on any atom is 0.337 e. The lowest BCUT2D eigenvalue weighted by molar-refractivity contribution is 0.0600. The summed E-state index contributed by atoms with van der Waals surface area (Å²) >= 11 is 0. The van der Waals surface area contributed by atoms with Crippen LogP contribution in [0.15, 0.2) is 29.2 Å². The van der Waals surface area contributed by atoms with Gasteiger partial charge in [0.15, 0.2) is 0 Å². The standard InChI is InChI=1S/C13H19NO4S/c1-9(2)10(3)14-19(16,17)12-7-5-11(6-8-12)13(15)18-4/h5-10,14H,1-4H3. The number of sulfonamides is 1. The summed E-state index contributed by atoms with van der Waals surface area (Å²) in [6.45, 7) is 5.69. The van der Waals surface area contributed by atoms with Gasteiger partial charge in [-0.15, -0.1) is 0 Å². The quantitative estimate of drug-likeness (QED) is 0.837. The van der Waals surface area contributed by atoms with E-state index in [1.807, 2.05) is 20.8 Å². The summed E-state index contributed by atoms with van der Waals surface area (Å²) in [5.41, 5.74) is 0.318. The Morgan fingerprint density at radius 1 is 1.16 bits per heavy atom. The highest BCUT2D eigenvalue weighted by Gasteiger charge is 2.19. The zero-order valence-corrected chi connectivity index (χ0v) is 12.3. The van der Waals surface area contributed by atoms with E-state index in [4.69, 9.17) is 0 Å². The van der Waals surface area contributed by atoms with Crippen molar-refractivity contribution in [2.75, 3.05) is 7.11 Å². The predicted molar refractivity (Wildman–Crippen MR) is 72.4 cm³/mol. The number of esters is 1. The van der Waals surface area contributed by atoms with Gasteiger partial charge in [-0.3, -0.25) is 0 Å². The Balaban J connectivity index is 2.94. The molecule has 1 N–H and O–H groups in total. The van der Waals surface area contributed by atoms with Crippen molar-refractivity contribution in [1.29, 1.82) is 0 Å². The van der Waals surface area contributed by atoms with Crippen molar-refractivity contribution in [3.05, 3.63) is 29.8 Å². The van der Waals surface area contributed by atoms with E-state index in [2.05, 4.69) is 9.46 Å². The van der Waals surface area contributed by atoms with Gasteiger partial charge in [-0.1, -0.05) is 13.8 Å². The van der Waals surface area contributed by atoms with Gasteiger partial charge in [0.25, 0.3) is 0 Å². The SMILES string of the molecule is COC(=O)c1ccc(S(=O)(=O)NC(C)C(C)C)cc1. The number of benzene rings is 1. The third-order valence-corrected chi connectivity index (χ3v) is 4.50. The molecule has 0 spiro atoms. The lowest BCUT2D eigenvalue weighted by atomic mass is 10.1. The van der Waals surface area contributed by atoms with Gasteiger partial charge < -0.3 is 4.74 Å². The number of rotatable bonds is 5. The van der Waals surface area contributed by atoms with E-state index in [-0.39, 0.29) is 16.9 Å². The molecule has 6 heteroatoms. The van der Waals surface area contributed by atoms with Crippen molar-refractivity contribution in [2.45, 2.75) is 31.7 Å². The van der Waals surface area contributed by atoms with Crippen molar-refractivity contribution in [3.8, 4) is 0 Å². The molecule has 0 aliphatic heterocycles. The van der Waals surface area contributed by atoms with Gasteiger partial charge in [-0.25, -0.2) is 17.9 Å². The van der Waals surface area contributed by atoms with Crippen LogP contribution in [-0.2, 0) is 14.8 Å². The molecule has 1 rings (SSSR count). The normalized spacial score (nSPS) is 13.3. The molecule has 106 valence electrons. The molecular formula is C13H19NO4S. The molecule has 0 aromatic heterocycles. The third kappa shape index (κ3) is 4.04. The largest absolute Gasteiger partial charge is 0.465 e. The minimum absolute atomic E-state index is 0.132. The monoisotopic (exact) mass is 285 g/mol. The maximum atomic E-state index is 12.1. The van der Waals surface area contributed by atoms with Crippen molar-refractivity contribution in [3.63, 3.8) is 0 Å². The topological polar surface area (TPSA) is 72.5 Å². The second-order valence-corrected chi connectivity index (χ2v) is 6.38.